The molecule has 4 aromatic rings. The molecule has 0 saturated heterocycles. The number of benzene rings is 3. The van der Waals surface area contributed by atoms with Gasteiger partial charge >= 0.3 is 0 Å². The number of carbonyl (C=O) groups is 2. The number of halogens is 1. The molecule has 29 heavy (non-hydrogen) atoms. The van der Waals surface area contributed by atoms with Crippen molar-refractivity contribution in [2.75, 3.05) is 5.32 Å². The lowest BCUT2D eigenvalue weighted by Crippen LogP contribution is -2.17. The maximum atomic E-state index is 13.1. The number of nitrogens with one attached hydrogen (secondary N) is 3. The van der Waals surface area contributed by atoms with Crippen LogP contribution in [0, 0.1) is 5.82 Å². The molecule has 0 aliphatic carbocycles. The van der Waals surface area contributed by atoms with Crippen LogP contribution in [0.3, 0.4) is 0 Å². The summed E-state index contributed by atoms with van der Waals surface area (Å²) in [5.74, 6) is -1.07. The number of nitrogens with zero attached hydrogens (tertiary/aromatic N) is 1. The lowest BCUT2D eigenvalue weighted by Gasteiger charge is -2.13. The molecule has 0 bridgehead atoms. The molecule has 0 unspecified atom stereocenters. The molecule has 142 valence electrons. The van der Waals surface area contributed by atoms with Gasteiger partial charge in [-0.05, 0) is 47.5 Å². The molecule has 3 aromatic carbocycles. The molecule has 0 fully saturated rings. The summed E-state index contributed by atoms with van der Waals surface area (Å²) in [5, 5.41) is 5.61. The minimum Gasteiger partial charge on any atom is -0.348 e. The summed E-state index contributed by atoms with van der Waals surface area (Å²) in [4.78, 5) is 32.5. The maximum Gasteiger partial charge on any atom is 0.255 e. The summed E-state index contributed by atoms with van der Waals surface area (Å²) >= 11 is 0. The van der Waals surface area contributed by atoms with Gasteiger partial charge in [-0.3, -0.25) is 9.59 Å². The molecule has 2 amide bonds. The smallest absolute Gasteiger partial charge is 0.255 e. The number of rotatable bonds is 3. The topological polar surface area (TPSA) is 86.9 Å². The summed E-state index contributed by atoms with van der Waals surface area (Å²) in [6.45, 7) is 0.366. The lowest BCUT2D eigenvalue weighted by molar-refractivity contribution is 0.0966. The lowest BCUT2D eigenvalue weighted by atomic mass is 9.94. The molecular weight excluding hydrogens is 371 g/mol. The predicted octanol–water partition coefficient (Wildman–Crippen LogP) is 3.86. The van der Waals surface area contributed by atoms with E-state index < -0.39 is 11.7 Å². The molecule has 5 rings (SSSR count). The van der Waals surface area contributed by atoms with Crippen LogP contribution in [0.5, 0.6) is 0 Å². The third-order valence-electron chi connectivity index (χ3n) is 5.06. The fourth-order valence-electron chi connectivity index (χ4n) is 3.68. The third-order valence-corrected chi connectivity index (χ3v) is 5.06. The highest BCUT2D eigenvalue weighted by molar-refractivity contribution is 6.12. The van der Waals surface area contributed by atoms with Crippen LogP contribution in [0.2, 0.25) is 0 Å². The highest BCUT2D eigenvalue weighted by atomic mass is 19.1. The number of hydrogen-bond acceptors (Lipinski definition) is 3. The highest BCUT2D eigenvalue weighted by Crippen LogP contribution is 2.36. The average Bonchev–Trinajstić information content (AvgIpc) is 3.36. The van der Waals surface area contributed by atoms with Crippen molar-refractivity contribution in [1.29, 1.82) is 0 Å². The Hall–Kier alpha value is -4.00. The third kappa shape index (κ3) is 2.84. The summed E-state index contributed by atoms with van der Waals surface area (Å²) in [7, 11) is 0. The van der Waals surface area contributed by atoms with Gasteiger partial charge in [-0.25, -0.2) is 9.37 Å². The first-order chi connectivity index (χ1) is 14.1. The molecule has 1 aliphatic heterocycles. The van der Waals surface area contributed by atoms with Gasteiger partial charge in [0.1, 0.15) is 5.82 Å². The van der Waals surface area contributed by atoms with E-state index in [-0.39, 0.29) is 5.91 Å². The van der Waals surface area contributed by atoms with Gasteiger partial charge in [0.15, 0.2) is 0 Å². The first-order valence-corrected chi connectivity index (χ1v) is 9.05. The molecule has 7 heteroatoms. The monoisotopic (exact) mass is 386 g/mol. The van der Waals surface area contributed by atoms with Crippen LogP contribution >= 0.6 is 0 Å². The second-order valence-corrected chi connectivity index (χ2v) is 6.76. The number of amides is 2. The van der Waals surface area contributed by atoms with Gasteiger partial charge in [0.2, 0.25) is 0 Å². The second kappa shape index (κ2) is 6.56. The van der Waals surface area contributed by atoms with E-state index in [0.29, 0.717) is 23.4 Å². The van der Waals surface area contributed by atoms with Gasteiger partial charge in [-0.1, -0.05) is 18.2 Å². The van der Waals surface area contributed by atoms with Crippen molar-refractivity contribution in [2.45, 2.75) is 6.54 Å². The molecular formula is C22H15FN4O2. The Bertz CT molecular complexity index is 1280. The summed E-state index contributed by atoms with van der Waals surface area (Å²) in [6, 6.07) is 14.7. The van der Waals surface area contributed by atoms with Crippen molar-refractivity contribution >= 4 is 28.5 Å². The summed E-state index contributed by atoms with van der Waals surface area (Å²) in [6.07, 6.45) is 1.63. The van der Waals surface area contributed by atoms with Crippen LogP contribution in [-0.4, -0.2) is 21.8 Å². The Morgan fingerprint density at radius 1 is 1.03 bits per heavy atom. The normalized spacial score (nSPS) is 12.7. The number of H-pyrrole nitrogens is 1. The minimum atomic E-state index is -0.418. The van der Waals surface area contributed by atoms with Crippen molar-refractivity contribution < 1.29 is 14.0 Å². The van der Waals surface area contributed by atoms with Crippen LogP contribution in [-0.2, 0) is 6.54 Å². The van der Waals surface area contributed by atoms with E-state index in [1.54, 1.807) is 12.4 Å². The first kappa shape index (κ1) is 17.1. The quantitative estimate of drug-likeness (QED) is 0.500. The van der Waals surface area contributed by atoms with Gasteiger partial charge < -0.3 is 15.6 Å². The molecule has 1 aliphatic rings. The Balaban J connectivity index is 1.58. The fourth-order valence-corrected chi connectivity index (χ4v) is 3.68. The molecule has 0 saturated carbocycles. The van der Waals surface area contributed by atoms with Crippen molar-refractivity contribution in [1.82, 2.24) is 15.3 Å². The van der Waals surface area contributed by atoms with Gasteiger partial charge in [0.05, 0.1) is 28.6 Å². The largest absolute Gasteiger partial charge is 0.348 e. The van der Waals surface area contributed by atoms with Crippen LogP contribution in [0.25, 0.3) is 22.2 Å². The van der Waals surface area contributed by atoms with E-state index in [9.17, 15) is 14.0 Å². The Labute approximate surface area is 164 Å². The average molecular weight is 386 g/mol. The van der Waals surface area contributed by atoms with Gasteiger partial charge in [0.25, 0.3) is 11.8 Å². The highest BCUT2D eigenvalue weighted by Gasteiger charge is 2.27. The predicted molar refractivity (Wildman–Crippen MR) is 107 cm³/mol. The maximum absolute atomic E-state index is 13.1. The molecule has 0 atom stereocenters. The first-order valence-electron chi connectivity index (χ1n) is 9.05. The van der Waals surface area contributed by atoms with Crippen molar-refractivity contribution in [3.05, 3.63) is 83.4 Å². The SMILES string of the molecule is O=C(Nc1ccc(-c2cccc3[nH]cnc23)c2c1C(=O)NC2)c1ccc(F)cc1. The van der Waals surface area contributed by atoms with E-state index in [4.69, 9.17) is 0 Å². The minimum absolute atomic E-state index is 0.245. The number of carbonyl (C=O) groups excluding carboxylic acids is 2. The van der Waals surface area contributed by atoms with Crippen molar-refractivity contribution in [3.63, 3.8) is 0 Å². The molecule has 0 radical (unpaired) electrons. The van der Waals surface area contributed by atoms with E-state index in [1.165, 1.54) is 24.3 Å². The van der Waals surface area contributed by atoms with E-state index in [0.717, 1.165) is 27.7 Å². The number of fused-ring (bicyclic) bond motifs is 2. The van der Waals surface area contributed by atoms with E-state index >= 15 is 0 Å². The van der Waals surface area contributed by atoms with Crippen LogP contribution in [0.15, 0.2) is 60.9 Å². The zero-order valence-corrected chi connectivity index (χ0v) is 15.1. The van der Waals surface area contributed by atoms with Gasteiger partial charge in [-0.2, -0.15) is 0 Å². The Morgan fingerprint density at radius 2 is 1.86 bits per heavy atom. The van der Waals surface area contributed by atoms with Crippen molar-refractivity contribution in [3.8, 4) is 11.1 Å². The fraction of sp³-hybridized carbons (Fsp3) is 0.0455. The van der Waals surface area contributed by atoms with Crippen molar-refractivity contribution in [2.24, 2.45) is 0 Å². The van der Waals surface area contributed by atoms with Gasteiger partial charge in [0, 0.05) is 17.7 Å². The van der Waals surface area contributed by atoms with E-state index in [1.807, 2.05) is 24.3 Å². The van der Waals surface area contributed by atoms with Crippen LogP contribution < -0.4 is 10.6 Å². The molecule has 0 spiro atoms. The zero-order chi connectivity index (χ0) is 20.0. The Morgan fingerprint density at radius 3 is 2.69 bits per heavy atom. The number of anilines is 1. The van der Waals surface area contributed by atoms with Crippen LogP contribution in [0.1, 0.15) is 26.3 Å². The molecule has 1 aromatic heterocycles. The van der Waals surface area contributed by atoms with E-state index in [2.05, 4.69) is 20.6 Å². The Kier molecular flexibility index (Phi) is 3.87. The number of aromatic amines is 1. The summed E-state index contributed by atoms with van der Waals surface area (Å²) in [5.41, 5.74) is 5.49. The molecule has 6 nitrogen and oxygen atoms in total. The number of hydrogen-bond donors (Lipinski definition) is 3. The zero-order valence-electron chi connectivity index (χ0n) is 15.1. The number of aromatic nitrogens is 2. The number of para-hydroxylation sites is 1. The standard InChI is InChI=1S/C22H15FN4O2/c23-13-6-4-12(5-7-13)21(28)27-17-9-8-14(16-10-24-22(29)19(16)17)15-2-1-3-18-20(15)26-11-25-18/h1-9,11H,10H2,(H,24,29)(H,25,26)(H,27,28). The van der Waals surface area contributed by atoms with Gasteiger partial charge in [-0.15, -0.1) is 0 Å². The summed E-state index contributed by atoms with van der Waals surface area (Å²) < 4.78 is 13.1. The molecule has 3 N–H and O–H groups in total. The second-order valence-electron chi connectivity index (χ2n) is 6.76. The number of imidazole rings is 1. The van der Waals surface area contributed by atoms with Crippen LogP contribution in [0.4, 0.5) is 10.1 Å². The molecule has 2 heterocycles.